The van der Waals surface area contributed by atoms with E-state index in [1.807, 2.05) is 55.6 Å². The van der Waals surface area contributed by atoms with Crippen molar-refractivity contribution < 1.29 is 9.53 Å². The molecule has 1 amide bonds. The fourth-order valence-corrected chi connectivity index (χ4v) is 2.33. The Bertz CT molecular complexity index is 640. The van der Waals surface area contributed by atoms with Crippen LogP contribution in [0.1, 0.15) is 17.5 Å². The lowest BCUT2D eigenvalue weighted by molar-refractivity contribution is -0.130. The molecule has 0 saturated heterocycles. The van der Waals surface area contributed by atoms with E-state index in [1.165, 1.54) is 0 Å². The van der Waals surface area contributed by atoms with E-state index < -0.39 is 0 Å². The van der Waals surface area contributed by atoms with E-state index in [1.54, 1.807) is 12.0 Å². The standard InChI is InChI=1S/C18H22N2O2/c1-20(13-14-6-5-8-16(12-14)22-2)18(21)11-10-15-7-3-4-9-17(15)19/h3-9,12H,10-11,13,19H2,1-2H3. The van der Waals surface area contributed by atoms with Gasteiger partial charge in [-0.05, 0) is 35.7 Å². The lowest BCUT2D eigenvalue weighted by Crippen LogP contribution is -2.26. The number of hydrogen-bond acceptors (Lipinski definition) is 3. The van der Waals surface area contributed by atoms with Crippen LogP contribution in [0.2, 0.25) is 0 Å². The number of nitrogens with zero attached hydrogens (tertiary/aromatic N) is 1. The Kier molecular flexibility index (Phi) is 5.42. The number of benzene rings is 2. The third kappa shape index (κ3) is 4.25. The van der Waals surface area contributed by atoms with Gasteiger partial charge in [0, 0.05) is 25.7 Å². The van der Waals surface area contributed by atoms with E-state index in [0.717, 1.165) is 22.6 Å². The molecule has 116 valence electrons. The molecule has 0 saturated carbocycles. The minimum absolute atomic E-state index is 0.103. The van der Waals surface area contributed by atoms with E-state index in [2.05, 4.69) is 0 Å². The number of hydrogen-bond donors (Lipinski definition) is 1. The van der Waals surface area contributed by atoms with E-state index in [9.17, 15) is 4.79 Å². The fourth-order valence-electron chi connectivity index (χ4n) is 2.33. The topological polar surface area (TPSA) is 55.6 Å². The van der Waals surface area contributed by atoms with Gasteiger partial charge < -0.3 is 15.4 Å². The van der Waals surface area contributed by atoms with Crippen molar-refractivity contribution in [1.82, 2.24) is 4.90 Å². The molecule has 0 aliphatic rings. The summed E-state index contributed by atoms with van der Waals surface area (Å²) >= 11 is 0. The van der Waals surface area contributed by atoms with Crippen molar-refractivity contribution in [1.29, 1.82) is 0 Å². The molecule has 0 aromatic heterocycles. The summed E-state index contributed by atoms with van der Waals surface area (Å²) in [5.41, 5.74) is 8.71. The highest BCUT2D eigenvalue weighted by atomic mass is 16.5. The zero-order chi connectivity index (χ0) is 15.9. The Morgan fingerprint density at radius 2 is 1.95 bits per heavy atom. The van der Waals surface area contributed by atoms with Crippen LogP contribution >= 0.6 is 0 Å². The molecule has 4 nitrogen and oxygen atoms in total. The molecular weight excluding hydrogens is 276 g/mol. The molecule has 2 aromatic rings. The Morgan fingerprint density at radius 3 is 2.68 bits per heavy atom. The Hall–Kier alpha value is -2.49. The van der Waals surface area contributed by atoms with Crippen LogP contribution in [0, 0.1) is 0 Å². The molecule has 0 spiro atoms. The molecule has 2 aromatic carbocycles. The molecule has 0 aliphatic carbocycles. The molecule has 0 aliphatic heterocycles. The van der Waals surface area contributed by atoms with Gasteiger partial charge in [-0.3, -0.25) is 4.79 Å². The SMILES string of the molecule is COc1cccc(CN(C)C(=O)CCc2ccccc2N)c1. The van der Waals surface area contributed by atoms with Gasteiger partial charge in [0.25, 0.3) is 0 Å². The summed E-state index contributed by atoms with van der Waals surface area (Å²) in [7, 11) is 3.45. The lowest BCUT2D eigenvalue weighted by atomic mass is 10.1. The zero-order valence-corrected chi connectivity index (χ0v) is 13.1. The number of aryl methyl sites for hydroxylation is 1. The maximum absolute atomic E-state index is 12.2. The lowest BCUT2D eigenvalue weighted by Gasteiger charge is -2.18. The molecule has 0 atom stereocenters. The molecule has 2 rings (SSSR count). The smallest absolute Gasteiger partial charge is 0.222 e. The van der Waals surface area contributed by atoms with Gasteiger partial charge in [0.05, 0.1) is 7.11 Å². The number of amides is 1. The van der Waals surface area contributed by atoms with E-state index in [0.29, 0.717) is 19.4 Å². The summed E-state index contributed by atoms with van der Waals surface area (Å²) in [6, 6.07) is 15.4. The number of ether oxygens (including phenoxy) is 1. The Labute approximate surface area is 131 Å². The zero-order valence-electron chi connectivity index (χ0n) is 13.1. The molecule has 0 heterocycles. The maximum Gasteiger partial charge on any atom is 0.222 e. The van der Waals surface area contributed by atoms with Gasteiger partial charge in [0.1, 0.15) is 5.75 Å². The van der Waals surface area contributed by atoms with E-state index >= 15 is 0 Å². The van der Waals surface area contributed by atoms with E-state index in [4.69, 9.17) is 10.5 Å². The first kappa shape index (κ1) is 15.9. The monoisotopic (exact) mass is 298 g/mol. The summed E-state index contributed by atoms with van der Waals surface area (Å²) in [6.45, 7) is 0.570. The first-order valence-electron chi connectivity index (χ1n) is 7.30. The second-order valence-electron chi connectivity index (χ2n) is 5.30. The minimum Gasteiger partial charge on any atom is -0.497 e. The third-order valence-electron chi connectivity index (χ3n) is 3.64. The van der Waals surface area contributed by atoms with Crippen LogP contribution in [0.4, 0.5) is 5.69 Å². The highest BCUT2D eigenvalue weighted by Crippen LogP contribution is 2.16. The fraction of sp³-hybridized carbons (Fsp3) is 0.278. The molecule has 2 N–H and O–H groups in total. The summed E-state index contributed by atoms with van der Waals surface area (Å²) < 4.78 is 5.20. The van der Waals surface area contributed by atoms with Crippen molar-refractivity contribution in [2.75, 3.05) is 19.9 Å². The summed E-state index contributed by atoms with van der Waals surface area (Å²) in [5, 5.41) is 0. The average Bonchev–Trinajstić information content (AvgIpc) is 2.54. The first-order chi connectivity index (χ1) is 10.6. The number of carbonyl (C=O) groups is 1. The van der Waals surface area contributed by atoms with Gasteiger partial charge >= 0.3 is 0 Å². The van der Waals surface area contributed by atoms with Crippen LogP contribution in [0.5, 0.6) is 5.75 Å². The van der Waals surface area contributed by atoms with Gasteiger partial charge in [0.15, 0.2) is 0 Å². The van der Waals surface area contributed by atoms with Crippen molar-refractivity contribution in [3.05, 3.63) is 59.7 Å². The number of nitrogens with two attached hydrogens (primary N) is 1. The normalized spacial score (nSPS) is 10.3. The Balaban J connectivity index is 1.90. The van der Waals surface area contributed by atoms with Gasteiger partial charge in [-0.1, -0.05) is 30.3 Å². The molecule has 0 unspecified atom stereocenters. The number of anilines is 1. The van der Waals surface area contributed by atoms with Gasteiger partial charge in [-0.15, -0.1) is 0 Å². The minimum atomic E-state index is 0.103. The van der Waals surface area contributed by atoms with Crippen LogP contribution in [-0.2, 0) is 17.8 Å². The summed E-state index contributed by atoms with van der Waals surface area (Å²) in [4.78, 5) is 14.0. The van der Waals surface area contributed by atoms with Crippen molar-refractivity contribution in [2.45, 2.75) is 19.4 Å². The molecular formula is C18H22N2O2. The summed E-state index contributed by atoms with van der Waals surface area (Å²) in [5.74, 6) is 0.904. The van der Waals surface area contributed by atoms with Gasteiger partial charge in [0.2, 0.25) is 5.91 Å². The van der Waals surface area contributed by atoms with Crippen molar-refractivity contribution in [3.63, 3.8) is 0 Å². The van der Waals surface area contributed by atoms with Gasteiger partial charge in [-0.25, -0.2) is 0 Å². The number of para-hydroxylation sites is 1. The van der Waals surface area contributed by atoms with Gasteiger partial charge in [-0.2, -0.15) is 0 Å². The number of nitrogen functional groups attached to an aromatic ring is 1. The van der Waals surface area contributed by atoms with Crippen molar-refractivity contribution in [3.8, 4) is 5.75 Å². The van der Waals surface area contributed by atoms with E-state index in [-0.39, 0.29) is 5.91 Å². The third-order valence-corrected chi connectivity index (χ3v) is 3.64. The maximum atomic E-state index is 12.2. The summed E-state index contributed by atoms with van der Waals surface area (Å²) in [6.07, 6.45) is 1.11. The highest BCUT2D eigenvalue weighted by molar-refractivity contribution is 5.76. The highest BCUT2D eigenvalue weighted by Gasteiger charge is 2.10. The predicted molar refractivity (Wildman–Crippen MR) is 88.6 cm³/mol. The number of methoxy groups -OCH3 is 1. The quantitative estimate of drug-likeness (QED) is 0.834. The van der Waals surface area contributed by atoms with Crippen LogP contribution in [0.15, 0.2) is 48.5 Å². The van der Waals surface area contributed by atoms with Crippen LogP contribution in [-0.4, -0.2) is 25.0 Å². The molecule has 22 heavy (non-hydrogen) atoms. The average molecular weight is 298 g/mol. The predicted octanol–water partition coefficient (Wildman–Crippen LogP) is 2.87. The first-order valence-corrected chi connectivity index (χ1v) is 7.30. The van der Waals surface area contributed by atoms with Crippen molar-refractivity contribution >= 4 is 11.6 Å². The molecule has 0 fully saturated rings. The second kappa shape index (κ2) is 7.50. The van der Waals surface area contributed by atoms with Crippen LogP contribution < -0.4 is 10.5 Å². The molecule has 0 radical (unpaired) electrons. The number of rotatable bonds is 6. The molecule has 0 bridgehead atoms. The van der Waals surface area contributed by atoms with Crippen LogP contribution in [0.25, 0.3) is 0 Å². The number of carbonyl (C=O) groups excluding carboxylic acids is 1. The second-order valence-corrected chi connectivity index (χ2v) is 5.30. The molecule has 4 heteroatoms. The largest absolute Gasteiger partial charge is 0.497 e. The van der Waals surface area contributed by atoms with Crippen molar-refractivity contribution in [2.24, 2.45) is 0 Å². The Morgan fingerprint density at radius 1 is 1.18 bits per heavy atom. The van der Waals surface area contributed by atoms with Crippen LogP contribution in [0.3, 0.4) is 0 Å².